The van der Waals surface area contributed by atoms with E-state index in [9.17, 15) is 9.90 Å². The Morgan fingerprint density at radius 2 is 1.52 bits per heavy atom. The Morgan fingerprint density at radius 1 is 1.00 bits per heavy atom. The third-order valence-corrected chi connectivity index (χ3v) is 7.00. The van der Waals surface area contributed by atoms with Crippen molar-refractivity contribution in [3.63, 3.8) is 0 Å². The second-order valence-corrected chi connectivity index (χ2v) is 8.00. The molecule has 1 aromatic carbocycles. The minimum atomic E-state index is -1.03. The normalized spacial score (nSPS) is 30.7. The molecule has 2 atom stereocenters. The minimum absolute atomic E-state index is 0.275. The van der Waals surface area contributed by atoms with Crippen LogP contribution in [0.1, 0.15) is 56.1 Å². The van der Waals surface area contributed by atoms with Gasteiger partial charge in [-0.25, -0.2) is 9.97 Å². The molecule has 1 fully saturated rings. The summed E-state index contributed by atoms with van der Waals surface area (Å²) in [7, 11) is 0. The van der Waals surface area contributed by atoms with Gasteiger partial charge in [0.2, 0.25) is 0 Å². The Bertz CT molecular complexity index is 887. The van der Waals surface area contributed by atoms with Crippen molar-refractivity contribution < 1.29 is 9.90 Å². The molecule has 0 N–H and O–H groups in total. The Morgan fingerprint density at radius 3 is 2.04 bits per heavy atom. The highest BCUT2D eigenvalue weighted by molar-refractivity contribution is 5.86. The molecule has 2 aliphatic rings. The lowest BCUT2D eigenvalue weighted by atomic mass is 9.64. The number of rotatable bonds is 1. The van der Waals surface area contributed by atoms with Crippen LogP contribution in [0.3, 0.4) is 0 Å². The number of benzene rings is 1. The maximum absolute atomic E-state index is 12.2. The fourth-order valence-electron chi connectivity index (χ4n) is 4.81. The number of hydrogen-bond donors (Lipinski definition) is 0. The van der Waals surface area contributed by atoms with Crippen molar-refractivity contribution in [1.82, 2.24) is 9.97 Å². The molecule has 1 heterocycles. The Kier molecular flexibility index (Phi) is 2.49. The number of carbonyl (C=O) groups excluding carboxylic acids is 1. The molecule has 0 amide bonds. The molecular weight excluding hydrogens is 288 g/mol. The van der Waals surface area contributed by atoms with Crippen LogP contribution in [0.4, 0.5) is 0 Å². The Labute approximate surface area is 136 Å². The summed E-state index contributed by atoms with van der Waals surface area (Å²) in [6, 6.07) is 4.05. The van der Waals surface area contributed by atoms with Crippen LogP contribution >= 0.6 is 0 Å². The summed E-state index contributed by atoms with van der Waals surface area (Å²) >= 11 is 0. The summed E-state index contributed by atoms with van der Waals surface area (Å²) in [5.74, 6) is -1.01. The Hall–Kier alpha value is -1.97. The van der Waals surface area contributed by atoms with Gasteiger partial charge in [-0.05, 0) is 55.4 Å². The number of carboxylic acid groups (broad SMARTS) is 1. The summed E-state index contributed by atoms with van der Waals surface area (Å²) in [4.78, 5) is 21.9. The molecule has 0 spiro atoms. The van der Waals surface area contributed by atoms with Gasteiger partial charge in [0.15, 0.2) is 0 Å². The van der Waals surface area contributed by atoms with Gasteiger partial charge < -0.3 is 9.90 Å². The minimum Gasteiger partial charge on any atom is -0.549 e. The summed E-state index contributed by atoms with van der Waals surface area (Å²) in [5.41, 5.74) is 3.67. The average molecular weight is 309 g/mol. The number of aromatic nitrogens is 2. The van der Waals surface area contributed by atoms with Crippen molar-refractivity contribution in [3.8, 4) is 0 Å². The summed E-state index contributed by atoms with van der Waals surface area (Å²) < 4.78 is 0. The number of nitrogens with zero attached hydrogens (tertiary/aromatic N) is 2. The molecule has 4 rings (SSSR count). The van der Waals surface area contributed by atoms with Gasteiger partial charge in [-0.3, -0.25) is 0 Å². The van der Waals surface area contributed by atoms with Gasteiger partial charge in [0, 0.05) is 5.41 Å². The van der Waals surface area contributed by atoms with Crippen molar-refractivity contribution in [3.05, 3.63) is 34.6 Å². The molecule has 4 nitrogen and oxygen atoms in total. The Balaban J connectivity index is 2.13. The molecule has 1 saturated carbocycles. The molecular formula is C19H21N2O2-. The monoisotopic (exact) mass is 309 g/mol. The first-order valence-electron chi connectivity index (χ1n) is 8.16. The zero-order chi connectivity index (χ0) is 16.8. The van der Waals surface area contributed by atoms with E-state index in [1.54, 1.807) is 0 Å². The summed E-state index contributed by atoms with van der Waals surface area (Å²) in [6.07, 6.45) is 1.39. The molecule has 2 aromatic rings. The highest BCUT2D eigenvalue weighted by Crippen LogP contribution is 2.69. The van der Waals surface area contributed by atoms with E-state index in [1.165, 1.54) is 5.56 Å². The highest BCUT2D eigenvalue weighted by atomic mass is 16.4. The van der Waals surface area contributed by atoms with Crippen LogP contribution in [-0.2, 0) is 15.6 Å². The zero-order valence-corrected chi connectivity index (χ0v) is 14.3. The van der Waals surface area contributed by atoms with E-state index < -0.39 is 16.8 Å². The van der Waals surface area contributed by atoms with E-state index >= 15 is 0 Å². The van der Waals surface area contributed by atoms with Crippen LogP contribution in [0.15, 0.2) is 12.1 Å². The largest absolute Gasteiger partial charge is 0.549 e. The standard InChI is InChI=1S/C19H22N2O2/c1-10-8-12-13(9-11(10)2)21-15-14(20-12)18(5)6-7-19(15,16(22)23)17(18,3)4/h8-9H,6-7H2,1-5H3,(H,22,23)/p-1. The van der Waals surface area contributed by atoms with Gasteiger partial charge in [-0.2, -0.15) is 0 Å². The van der Waals surface area contributed by atoms with E-state index in [4.69, 9.17) is 9.97 Å². The third-order valence-electron chi connectivity index (χ3n) is 7.00. The molecule has 0 aliphatic heterocycles. The lowest BCUT2D eigenvalue weighted by Crippen LogP contribution is -2.52. The smallest absolute Gasteiger partial charge is 0.0893 e. The van der Waals surface area contributed by atoms with Gasteiger partial charge in [-0.15, -0.1) is 0 Å². The van der Waals surface area contributed by atoms with Gasteiger partial charge in [-0.1, -0.05) is 20.8 Å². The maximum atomic E-state index is 12.2. The number of fused-ring (bicyclic) bond motifs is 6. The fraction of sp³-hybridized carbons (Fsp3) is 0.526. The lowest BCUT2D eigenvalue weighted by molar-refractivity contribution is -0.317. The van der Waals surface area contributed by atoms with Crippen LogP contribution in [-0.4, -0.2) is 15.9 Å². The second-order valence-electron chi connectivity index (χ2n) is 8.00. The van der Waals surface area contributed by atoms with Crippen molar-refractivity contribution >= 4 is 17.0 Å². The van der Waals surface area contributed by atoms with Crippen molar-refractivity contribution in [1.29, 1.82) is 0 Å². The van der Waals surface area contributed by atoms with Gasteiger partial charge >= 0.3 is 0 Å². The van der Waals surface area contributed by atoms with Crippen LogP contribution in [0.25, 0.3) is 11.0 Å². The lowest BCUT2D eigenvalue weighted by Gasteiger charge is -2.41. The molecule has 2 unspecified atom stereocenters. The summed E-state index contributed by atoms with van der Waals surface area (Å²) in [6.45, 7) is 10.3. The van der Waals surface area contributed by atoms with E-state index in [0.29, 0.717) is 12.1 Å². The number of aliphatic carboxylic acids is 1. The molecule has 1 aromatic heterocycles. The number of carbonyl (C=O) groups is 1. The van der Waals surface area contributed by atoms with Gasteiger partial charge in [0.1, 0.15) is 0 Å². The van der Waals surface area contributed by atoms with E-state index in [-0.39, 0.29) is 5.41 Å². The first kappa shape index (κ1) is 14.6. The molecule has 2 bridgehead atoms. The predicted octanol–water partition coefficient (Wildman–Crippen LogP) is 2.33. The van der Waals surface area contributed by atoms with Crippen LogP contribution < -0.4 is 5.11 Å². The first-order chi connectivity index (χ1) is 10.6. The molecule has 4 heteroatoms. The molecule has 120 valence electrons. The van der Waals surface area contributed by atoms with E-state index in [0.717, 1.165) is 28.7 Å². The quantitative estimate of drug-likeness (QED) is 0.811. The number of hydrogen-bond acceptors (Lipinski definition) is 4. The van der Waals surface area contributed by atoms with E-state index in [1.807, 2.05) is 32.9 Å². The average Bonchev–Trinajstić information content (AvgIpc) is 2.75. The fourth-order valence-corrected chi connectivity index (χ4v) is 4.81. The molecule has 2 aliphatic carbocycles. The van der Waals surface area contributed by atoms with Crippen LogP contribution in [0.2, 0.25) is 0 Å². The number of carboxylic acids is 1. The van der Waals surface area contributed by atoms with Crippen molar-refractivity contribution in [2.45, 2.75) is 58.3 Å². The van der Waals surface area contributed by atoms with Gasteiger partial charge in [0.05, 0.1) is 33.8 Å². The van der Waals surface area contributed by atoms with Crippen LogP contribution in [0, 0.1) is 19.3 Å². The van der Waals surface area contributed by atoms with Crippen molar-refractivity contribution in [2.75, 3.05) is 0 Å². The van der Waals surface area contributed by atoms with Gasteiger partial charge in [0.25, 0.3) is 0 Å². The van der Waals surface area contributed by atoms with Crippen LogP contribution in [0.5, 0.6) is 0 Å². The third kappa shape index (κ3) is 1.37. The first-order valence-corrected chi connectivity index (χ1v) is 8.16. The topological polar surface area (TPSA) is 65.9 Å². The summed E-state index contributed by atoms with van der Waals surface area (Å²) in [5, 5.41) is 12.2. The number of aryl methyl sites for hydroxylation is 2. The second kappa shape index (κ2) is 3.92. The van der Waals surface area contributed by atoms with Crippen molar-refractivity contribution in [2.24, 2.45) is 5.41 Å². The molecule has 0 saturated heterocycles. The SMILES string of the molecule is Cc1cc2nc3c(nc2cc1C)C1(C(=O)[O-])CCC3(C)C1(C)C. The highest BCUT2D eigenvalue weighted by Gasteiger charge is 2.70. The molecule has 0 radical (unpaired) electrons. The maximum Gasteiger partial charge on any atom is 0.0893 e. The molecule has 23 heavy (non-hydrogen) atoms. The predicted molar refractivity (Wildman–Crippen MR) is 86.1 cm³/mol. The van der Waals surface area contributed by atoms with E-state index in [2.05, 4.69) is 13.8 Å². The zero-order valence-electron chi connectivity index (χ0n) is 14.3.